The number of nitroso groups, excluding NO2 is 1. The number of rotatable bonds is 9. The Labute approximate surface area is 206 Å². The number of nitrogens with one attached hydrogen (secondary N) is 2. The number of halogens is 1. The first-order chi connectivity index (χ1) is 17.4. The number of nitrogens with zero attached hydrogens (tertiary/aromatic N) is 2. The summed E-state index contributed by atoms with van der Waals surface area (Å²) < 4.78 is 19.3. The van der Waals surface area contributed by atoms with Crippen LogP contribution in [-0.2, 0) is 11.2 Å². The van der Waals surface area contributed by atoms with Gasteiger partial charge in [0, 0.05) is 12.1 Å². The van der Waals surface area contributed by atoms with E-state index < -0.39 is 5.69 Å². The van der Waals surface area contributed by atoms with Crippen LogP contribution in [0.4, 0.5) is 10.1 Å². The average Bonchev–Trinajstić information content (AvgIpc) is 2.88. The SMILES string of the molecule is Cc1cc(-c2cc(-c3cccc(OCC(=O)NCCc4ccccc4F)c3)nc(=O)[nH]2)ccc1N=O. The van der Waals surface area contributed by atoms with Gasteiger partial charge in [-0.2, -0.15) is 4.98 Å². The maximum atomic E-state index is 13.7. The highest BCUT2D eigenvalue weighted by Gasteiger charge is 2.10. The molecule has 0 unspecified atom stereocenters. The quantitative estimate of drug-likeness (QED) is 0.333. The van der Waals surface area contributed by atoms with Crippen molar-refractivity contribution in [1.82, 2.24) is 15.3 Å². The molecule has 0 atom stereocenters. The minimum absolute atomic E-state index is 0.217. The van der Waals surface area contributed by atoms with Crippen molar-refractivity contribution in [3.05, 3.63) is 105 Å². The van der Waals surface area contributed by atoms with E-state index in [0.717, 1.165) is 0 Å². The molecule has 3 aromatic carbocycles. The molecule has 182 valence electrons. The van der Waals surface area contributed by atoms with Gasteiger partial charge in [-0.1, -0.05) is 36.4 Å². The summed E-state index contributed by atoms with van der Waals surface area (Å²) in [6.45, 7) is 1.83. The van der Waals surface area contributed by atoms with Crippen molar-refractivity contribution < 1.29 is 13.9 Å². The highest BCUT2D eigenvalue weighted by atomic mass is 19.1. The molecule has 0 aliphatic carbocycles. The molecule has 1 heterocycles. The van der Waals surface area contributed by atoms with Crippen LogP contribution >= 0.6 is 0 Å². The molecule has 1 aromatic heterocycles. The molecular formula is C27H23FN4O4. The Morgan fingerprint density at radius 2 is 1.89 bits per heavy atom. The number of aromatic nitrogens is 2. The number of H-pyrrole nitrogens is 1. The molecule has 0 aliphatic heterocycles. The Hall–Kier alpha value is -4.66. The van der Waals surface area contributed by atoms with Gasteiger partial charge in [-0.3, -0.25) is 4.79 Å². The third-order valence-electron chi connectivity index (χ3n) is 5.52. The van der Waals surface area contributed by atoms with Crippen molar-refractivity contribution in [1.29, 1.82) is 0 Å². The van der Waals surface area contributed by atoms with E-state index in [-0.39, 0.29) is 24.9 Å². The van der Waals surface area contributed by atoms with Crippen LogP contribution in [-0.4, -0.2) is 29.0 Å². The lowest BCUT2D eigenvalue weighted by atomic mass is 10.0. The standard InChI is InChI=1S/C27H23FN4O4/c1-17-13-20(9-10-23(17)32-35)25-15-24(30-27(34)31-25)19-6-4-7-21(14-19)36-16-26(33)29-12-11-18-5-2-3-8-22(18)28/h2-10,13-15H,11-12,16H2,1H3,(H,29,33)(H,30,31,34). The molecule has 4 aromatic rings. The van der Waals surface area contributed by atoms with E-state index in [1.165, 1.54) is 6.07 Å². The summed E-state index contributed by atoms with van der Waals surface area (Å²) in [7, 11) is 0. The number of aryl methyl sites for hydroxylation is 1. The maximum Gasteiger partial charge on any atom is 0.345 e. The first-order valence-corrected chi connectivity index (χ1v) is 11.2. The Balaban J connectivity index is 1.42. The number of carbonyl (C=O) groups excluding carboxylic acids is 1. The van der Waals surface area contributed by atoms with Gasteiger partial charge in [-0.25, -0.2) is 9.18 Å². The van der Waals surface area contributed by atoms with E-state index >= 15 is 0 Å². The number of benzene rings is 3. The first-order valence-electron chi connectivity index (χ1n) is 11.2. The first kappa shape index (κ1) is 24.5. The predicted molar refractivity (Wildman–Crippen MR) is 135 cm³/mol. The minimum Gasteiger partial charge on any atom is -0.484 e. The molecule has 0 bridgehead atoms. The third kappa shape index (κ3) is 6.06. The van der Waals surface area contributed by atoms with Crippen LogP contribution in [0.15, 0.2) is 82.8 Å². The Morgan fingerprint density at radius 1 is 1.06 bits per heavy atom. The normalized spacial score (nSPS) is 10.6. The molecule has 8 nitrogen and oxygen atoms in total. The van der Waals surface area contributed by atoms with Gasteiger partial charge in [0.15, 0.2) is 6.61 Å². The molecule has 0 saturated carbocycles. The lowest BCUT2D eigenvalue weighted by Crippen LogP contribution is -2.30. The van der Waals surface area contributed by atoms with Gasteiger partial charge in [0.05, 0.1) is 11.4 Å². The molecular weight excluding hydrogens is 463 g/mol. The fourth-order valence-corrected chi connectivity index (χ4v) is 3.67. The fourth-order valence-electron chi connectivity index (χ4n) is 3.67. The van der Waals surface area contributed by atoms with Crippen LogP contribution < -0.4 is 15.7 Å². The van der Waals surface area contributed by atoms with Crippen LogP contribution in [0.3, 0.4) is 0 Å². The zero-order valence-corrected chi connectivity index (χ0v) is 19.5. The maximum absolute atomic E-state index is 13.7. The smallest absolute Gasteiger partial charge is 0.345 e. The predicted octanol–water partition coefficient (Wildman–Crippen LogP) is 4.69. The van der Waals surface area contributed by atoms with Gasteiger partial charge in [0.25, 0.3) is 5.91 Å². The van der Waals surface area contributed by atoms with E-state index in [2.05, 4.69) is 20.5 Å². The van der Waals surface area contributed by atoms with Crippen LogP contribution in [0, 0.1) is 17.6 Å². The average molecular weight is 487 g/mol. The van der Waals surface area contributed by atoms with Crippen molar-refractivity contribution >= 4 is 11.6 Å². The third-order valence-corrected chi connectivity index (χ3v) is 5.52. The van der Waals surface area contributed by atoms with E-state index in [0.29, 0.717) is 51.5 Å². The van der Waals surface area contributed by atoms with Gasteiger partial charge >= 0.3 is 5.69 Å². The summed E-state index contributed by atoms with van der Waals surface area (Å²) in [6, 6.07) is 20.1. The molecule has 0 spiro atoms. The van der Waals surface area contributed by atoms with Gasteiger partial charge in [0.1, 0.15) is 17.3 Å². The number of ether oxygens (including phenoxy) is 1. The lowest BCUT2D eigenvalue weighted by Gasteiger charge is -2.10. The van der Waals surface area contributed by atoms with Crippen molar-refractivity contribution in [2.45, 2.75) is 13.3 Å². The summed E-state index contributed by atoms with van der Waals surface area (Å²) in [5, 5.41) is 5.68. The van der Waals surface area contributed by atoms with Crippen LogP contribution in [0.5, 0.6) is 5.75 Å². The topological polar surface area (TPSA) is 114 Å². The molecule has 0 aliphatic rings. The van der Waals surface area contributed by atoms with Gasteiger partial charge in [-0.05, 0) is 71.6 Å². The van der Waals surface area contributed by atoms with E-state index in [1.54, 1.807) is 73.7 Å². The Morgan fingerprint density at radius 3 is 2.67 bits per heavy atom. The minimum atomic E-state index is -0.529. The molecule has 9 heteroatoms. The van der Waals surface area contributed by atoms with Crippen LogP contribution in [0.25, 0.3) is 22.5 Å². The lowest BCUT2D eigenvalue weighted by molar-refractivity contribution is -0.123. The molecule has 0 radical (unpaired) electrons. The number of hydrogen-bond acceptors (Lipinski definition) is 6. The monoisotopic (exact) mass is 486 g/mol. The van der Waals surface area contributed by atoms with Crippen molar-refractivity contribution in [2.75, 3.05) is 13.2 Å². The van der Waals surface area contributed by atoms with Crippen LogP contribution in [0.2, 0.25) is 0 Å². The van der Waals surface area contributed by atoms with E-state index in [1.807, 2.05) is 0 Å². The highest BCUT2D eigenvalue weighted by molar-refractivity contribution is 5.77. The Kier molecular flexibility index (Phi) is 7.60. The summed E-state index contributed by atoms with van der Waals surface area (Å²) in [5.41, 5.74) is 3.31. The number of carbonyl (C=O) groups is 1. The van der Waals surface area contributed by atoms with Gasteiger partial charge in [-0.15, -0.1) is 4.91 Å². The molecule has 0 saturated heterocycles. The van der Waals surface area contributed by atoms with Crippen molar-refractivity contribution in [2.24, 2.45) is 5.18 Å². The van der Waals surface area contributed by atoms with E-state index in [9.17, 15) is 18.9 Å². The number of amides is 1. The molecule has 1 amide bonds. The number of aromatic amines is 1. The highest BCUT2D eigenvalue weighted by Crippen LogP contribution is 2.28. The zero-order chi connectivity index (χ0) is 25.5. The summed E-state index contributed by atoms with van der Waals surface area (Å²) in [5.74, 6) is -0.212. The largest absolute Gasteiger partial charge is 0.484 e. The van der Waals surface area contributed by atoms with Crippen molar-refractivity contribution in [3.63, 3.8) is 0 Å². The molecule has 2 N–H and O–H groups in total. The summed E-state index contributed by atoms with van der Waals surface area (Å²) >= 11 is 0. The summed E-state index contributed by atoms with van der Waals surface area (Å²) in [6.07, 6.45) is 0.373. The van der Waals surface area contributed by atoms with E-state index in [4.69, 9.17) is 4.74 Å². The second-order valence-corrected chi connectivity index (χ2v) is 8.09. The van der Waals surface area contributed by atoms with Gasteiger partial charge < -0.3 is 15.0 Å². The number of hydrogen-bond donors (Lipinski definition) is 2. The zero-order valence-electron chi connectivity index (χ0n) is 19.5. The molecule has 4 rings (SSSR count). The van der Waals surface area contributed by atoms with Crippen LogP contribution in [0.1, 0.15) is 11.1 Å². The Bertz CT molecular complexity index is 1470. The molecule has 0 fully saturated rings. The fraction of sp³-hybridized carbons (Fsp3) is 0.148. The second-order valence-electron chi connectivity index (χ2n) is 8.09. The van der Waals surface area contributed by atoms with Crippen molar-refractivity contribution in [3.8, 4) is 28.3 Å². The molecule has 36 heavy (non-hydrogen) atoms. The summed E-state index contributed by atoms with van der Waals surface area (Å²) in [4.78, 5) is 42.0. The van der Waals surface area contributed by atoms with Gasteiger partial charge in [0.2, 0.25) is 0 Å². The second kappa shape index (κ2) is 11.2.